The van der Waals surface area contributed by atoms with E-state index in [9.17, 15) is 26.4 Å². The first-order valence-electron chi connectivity index (χ1n) is 11.0. The maximum Gasteiger partial charge on any atom is 0.333 e. The molecule has 3 aromatic rings. The third-order valence-electron chi connectivity index (χ3n) is 5.87. The topological polar surface area (TPSA) is 122 Å². The van der Waals surface area contributed by atoms with Gasteiger partial charge < -0.3 is 10.2 Å². The van der Waals surface area contributed by atoms with Crippen LogP contribution in [0.2, 0.25) is 5.02 Å². The molecule has 0 aliphatic carbocycles. The van der Waals surface area contributed by atoms with E-state index in [1.807, 2.05) is 4.72 Å². The molecule has 4 heterocycles. The molecule has 0 bridgehead atoms. The lowest BCUT2D eigenvalue weighted by Gasteiger charge is -2.32. The van der Waals surface area contributed by atoms with Gasteiger partial charge in [0, 0.05) is 52.6 Å². The number of amidine groups is 1. The van der Waals surface area contributed by atoms with Gasteiger partial charge in [-0.15, -0.1) is 11.3 Å². The molecule has 2 atom stereocenters. The summed E-state index contributed by atoms with van der Waals surface area (Å²) in [6.07, 6.45) is 5.11. The van der Waals surface area contributed by atoms with Crippen molar-refractivity contribution in [2.75, 3.05) is 12.8 Å². The van der Waals surface area contributed by atoms with Crippen molar-refractivity contribution in [2.24, 2.45) is 4.99 Å². The molecule has 2 amide bonds. The standard InChI is InChI=1S/C22H19ClF3N7O3S2/c1-38(35,36)31-22(34)29-13-7-16-17(11-8-28-33(9-11)21(25)26)18(14-3-2-12(24)6-15(14)23)30-19(32(16)10-13)20-27-4-5-37-20/h2-6,8-9,13,18,21H,7,10H2,1H3,(H2,29,31,34)/t13-,18-/m0/s1. The van der Waals surface area contributed by atoms with E-state index in [1.165, 1.54) is 35.9 Å². The van der Waals surface area contributed by atoms with E-state index in [0.29, 0.717) is 37.9 Å². The van der Waals surface area contributed by atoms with Gasteiger partial charge in [-0.2, -0.15) is 13.9 Å². The lowest BCUT2D eigenvalue weighted by molar-refractivity contribution is 0.0566. The zero-order valence-corrected chi connectivity index (χ0v) is 21.9. The van der Waals surface area contributed by atoms with Gasteiger partial charge in [0.05, 0.1) is 18.5 Å². The normalized spacial score (nSPS) is 19.5. The first-order chi connectivity index (χ1) is 18.0. The largest absolute Gasteiger partial charge is 0.333 e. The highest BCUT2D eigenvalue weighted by molar-refractivity contribution is 7.89. The fraction of sp³-hybridized carbons (Fsp3) is 0.273. The summed E-state index contributed by atoms with van der Waals surface area (Å²) in [4.78, 5) is 23.3. The van der Waals surface area contributed by atoms with E-state index in [0.717, 1.165) is 12.3 Å². The molecule has 0 spiro atoms. The number of aliphatic imine (C=N–C) groups is 1. The first-order valence-corrected chi connectivity index (χ1v) is 14.2. The molecule has 2 aromatic heterocycles. The number of urea groups is 1. The quantitative estimate of drug-likeness (QED) is 0.454. The average molecular weight is 586 g/mol. The molecule has 2 aliphatic heterocycles. The van der Waals surface area contributed by atoms with Crippen LogP contribution in [-0.4, -0.2) is 58.8 Å². The molecule has 0 unspecified atom stereocenters. The van der Waals surface area contributed by atoms with Crippen LogP contribution in [0.4, 0.5) is 18.0 Å². The number of alkyl halides is 2. The number of nitrogens with one attached hydrogen (secondary N) is 2. The number of nitrogens with zero attached hydrogens (tertiary/aromatic N) is 5. The summed E-state index contributed by atoms with van der Waals surface area (Å²) in [6, 6.07) is 1.53. The second-order valence-corrected chi connectivity index (χ2v) is 11.6. The molecule has 5 rings (SSSR count). The lowest BCUT2D eigenvalue weighted by atomic mass is 9.90. The van der Waals surface area contributed by atoms with E-state index in [1.54, 1.807) is 16.5 Å². The SMILES string of the molecule is CS(=O)(=O)NC(=O)N[C@H]1CC2=C(c3cnn(C(F)F)c3)[C@H](c3ccc(F)cc3Cl)N=C(c3nccs3)N2C1. The van der Waals surface area contributed by atoms with Crippen LogP contribution in [0, 0.1) is 5.82 Å². The molecule has 16 heteroatoms. The molecule has 2 aliphatic rings. The summed E-state index contributed by atoms with van der Waals surface area (Å²) in [5.74, 6) is -0.111. The average Bonchev–Trinajstić information content (AvgIpc) is 3.57. The number of thiazole rings is 1. The van der Waals surface area contributed by atoms with Crippen molar-refractivity contribution in [2.45, 2.75) is 25.1 Å². The number of hydrogen-bond acceptors (Lipinski definition) is 8. The smallest absolute Gasteiger partial charge is 0.332 e. The summed E-state index contributed by atoms with van der Waals surface area (Å²) in [5.41, 5.74) is 1.87. The molecule has 0 saturated carbocycles. The highest BCUT2D eigenvalue weighted by Gasteiger charge is 2.41. The zero-order valence-electron chi connectivity index (χ0n) is 19.5. The summed E-state index contributed by atoms with van der Waals surface area (Å²) in [5, 5.41) is 8.79. The number of benzene rings is 1. The van der Waals surface area contributed by atoms with Gasteiger partial charge in [-0.05, 0) is 17.7 Å². The van der Waals surface area contributed by atoms with Crippen LogP contribution in [-0.2, 0) is 10.0 Å². The number of hydrogen-bond donors (Lipinski definition) is 2. The number of carbonyl (C=O) groups excluding carboxylic acids is 1. The van der Waals surface area contributed by atoms with Crippen LogP contribution < -0.4 is 10.0 Å². The molecular formula is C22H19ClF3N7O3S2. The molecular weight excluding hydrogens is 567 g/mol. The van der Waals surface area contributed by atoms with Gasteiger partial charge in [-0.3, -0.25) is 4.99 Å². The van der Waals surface area contributed by atoms with Crippen molar-refractivity contribution in [3.8, 4) is 0 Å². The number of carbonyl (C=O) groups is 1. The molecule has 200 valence electrons. The number of rotatable bonds is 6. The van der Waals surface area contributed by atoms with Crippen molar-refractivity contribution >= 4 is 50.4 Å². The summed E-state index contributed by atoms with van der Waals surface area (Å²) in [7, 11) is -3.80. The van der Waals surface area contributed by atoms with Crippen LogP contribution >= 0.6 is 22.9 Å². The van der Waals surface area contributed by atoms with Crippen molar-refractivity contribution in [1.29, 1.82) is 0 Å². The van der Waals surface area contributed by atoms with Crippen molar-refractivity contribution in [3.05, 3.63) is 74.8 Å². The number of sulfonamides is 1. The van der Waals surface area contributed by atoms with Gasteiger partial charge in [0.15, 0.2) is 10.8 Å². The first kappa shape index (κ1) is 26.2. The monoisotopic (exact) mass is 585 g/mol. The van der Waals surface area contributed by atoms with Crippen molar-refractivity contribution in [3.63, 3.8) is 0 Å². The Bertz CT molecular complexity index is 1560. The van der Waals surface area contributed by atoms with Crippen molar-refractivity contribution in [1.82, 2.24) is 29.7 Å². The van der Waals surface area contributed by atoms with Crippen LogP contribution in [0.5, 0.6) is 0 Å². The van der Waals surface area contributed by atoms with E-state index in [-0.39, 0.29) is 18.0 Å². The number of amides is 2. The van der Waals surface area contributed by atoms with E-state index in [2.05, 4.69) is 15.4 Å². The second kappa shape index (κ2) is 10.0. The molecule has 1 saturated heterocycles. The Morgan fingerprint density at radius 3 is 2.74 bits per heavy atom. The maximum atomic E-state index is 13.9. The highest BCUT2D eigenvalue weighted by atomic mass is 35.5. The van der Waals surface area contributed by atoms with Crippen LogP contribution in [0.25, 0.3) is 5.57 Å². The van der Waals surface area contributed by atoms with Gasteiger partial charge in [-0.25, -0.2) is 32.0 Å². The summed E-state index contributed by atoms with van der Waals surface area (Å²) in [6.45, 7) is -2.68. The minimum atomic E-state index is -3.80. The van der Waals surface area contributed by atoms with Crippen molar-refractivity contribution < 1.29 is 26.4 Å². The molecule has 1 aromatic carbocycles. The van der Waals surface area contributed by atoms with Gasteiger partial charge in [0.1, 0.15) is 11.9 Å². The molecule has 38 heavy (non-hydrogen) atoms. The van der Waals surface area contributed by atoms with Crippen LogP contribution in [0.3, 0.4) is 0 Å². The number of fused-ring (bicyclic) bond motifs is 1. The van der Waals surface area contributed by atoms with E-state index >= 15 is 0 Å². The van der Waals surface area contributed by atoms with Gasteiger partial charge in [-0.1, -0.05) is 17.7 Å². The minimum Gasteiger partial charge on any atom is -0.332 e. The molecule has 10 nitrogen and oxygen atoms in total. The predicted molar refractivity (Wildman–Crippen MR) is 135 cm³/mol. The Hall–Kier alpha value is -3.43. The maximum absolute atomic E-state index is 13.9. The van der Waals surface area contributed by atoms with Gasteiger partial charge >= 0.3 is 12.6 Å². The second-order valence-electron chi connectivity index (χ2n) is 8.56. The van der Waals surface area contributed by atoms with Crippen LogP contribution in [0.15, 0.2) is 52.9 Å². The van der Waals surface area contributed by atoms with E-state index < -0.39 is 40.5 Å². The third-order valence-corrected chi connectivity index (χ3v) is 7.52. The highest BCUT2D eigenvalue weighted by Crippen LogP contribution is 2.46. The minimum absolute atomic E-state index is 0.0882. The Morgan fingerprint density at radius 1 is 1.32 bits per heavy atom. The Labute approximate surface area is 223 Å². The predicted octanol–water partition coefficient (Wildman–Crippen LogP) is 3.77. The summed E-state index contributed by atoms with van der Waals surface area (Å²) >= 11 is 7.74. The fourth-order valence-corrected chi connectivity index (χ4v) is 5.77. The number of aromatic nitrogens is 3. The Kier molecular flexibility index (Phi) is 6.92. The lowest BCUT2D eigenvalue weighted by Crippen LogP contribution is -2.45. The summed E-state index contributed by atoms with van der Waals surface area (Å²) < 4.78 is 66.1. The fourth-order valence-electron chi connectivity index (χ4n) is 4.46. The van der Waals surface area contributed by atoms with E-state index in [4.69, 9.17) is 16.6 Å². The van der Waals surface area contributed by atoms with Gasteiger partial charge in [0.25, 0.3) is 0 Å². The van der Waals surface area contributed by atoms with Gasteiger partial charge in [0.2, 0.25) is 10.0 Å². The zero-order chi connectivity index (χ0) is 27.2. The molecule has 1 fully saturated rings. The third kappa shape index (κ3) is 5.26. The Morgan fingerprint density at radius 2 is 2.11 bits per heavy atom. The Balaban J connectivity index is 1.65. The van der Waals surface area contributed by atoms with Crippen LogP contribution in [0.1, 0.15) is 35.1 Å². The number of halogens is 4. The molecule has 0 radical (unpaired) electrons. The molecule has 2 N–H and O–H groups in total.